The molecule has 3 rings (SSSR count). The first-order valence-electron chi connectivity index (χ1n) is 9.27. The van der Waals surface area contributed by atoms with Gasteiger partial charge in [0.25, 0.3) is 0 Å². The van der Waals surface area contributed by atoms with Crippen molar-refractivity contribution in [2.24, 2.45) is 17.3 Å². The lowest BCUT2D eigenvalue weighted by molar-refractivity contribution is 0.0609. The topological polar surface area (TPSA) is 40.5 Å². The maximum absolute atomic E-state index is 9.82. The molecule has 0 amide bonds. The van der Waals surface area contributed by atoms with Crippen LogP contribution < -0.4 is 0 Å². The van der Waals surface area contributed by atoms with Gasteiger partial charge >= 0.3 is 0 Å². The third kappa shape index (κ3) is 3.05. The van der Waals surface area contributed by atoms with Crippen LogP contribution in [0.2, 0.25) is 0 Å². The number of fused-ring (bicyclic) bond motifs is 1. The van der Waals surface area contributed by atoms with Crippen LogP contribution in [0.4, 0.5) is 0 Å². The summed E-state index contributed by atoms with van der Waals surface area (Å²) in [6, 6.07) is 0. The number of rotatable bonds is 2. The van der Waals surface area contributed by atoms with Gasteiger partial charge in [-0.05, 0) is 68.6 Å². The predicted octanol–water partition coefficient (Wildman–Crippen LogP) is 4.37. The molecule has 3 fully saturated rings. The molecule has 3 saturated carbocycles. The molecule has 0 spiro atoms. The number of hydrogen-bond donors (Lipinski definition) is 2. The Kier molecular flexibility index (Phi) is 4.80. The van der Waals surface area contributed by atoms with E-state index in [0.29, 0.717) is 11.8 Å². The first kappa shape index (κ1) is 16.3. The van der Waals surface area contributed by atoms with Gasteiger partial charge in [-0.1, -0.05) is 43.6 Å². The molecule has 124 valence electrons. The summed E-state index contributed by atoms with van der Waals surface area (Å²) >= 11 is 0. The molecule has 0 heterocycles. The minimum atomic E-state index is -0.360. The molecule has 0 aromatic carbocycles. The molecule has 4 unspecified atom stereocenters. The van der Waals surface area contributed by atoms with Crippen molar-refractivity contribution in [2.45, 2.75) is 83.8 Å². The Hall–Kier alpha value is -0.600. The largest absolute Gasteiger partial charge is 0.393 e. The summed E-state index contributed by atoms with van der Waals surface area (Å²) in [5, 5.41) is 19.6. The highest BCUT2D eigenvalue weighted by Crippen LogP contribution is 2.58. The van der Waals surface area contributed by atoms with Crippen LogP contribution in [0.5, 0.6) is 0 Å². The lowest BCUT2D eigenvalue weighted by atomic mass is 9.63. The third-order valence-corrected chi connectivity index (χ3v) is 6.73. The van der Waals surface area contributed by atoms with Crippen molar-refractivity contribution in [3.8, 4) is 0 Å². The molecule has 0 aromatic heterocycles. The Morgan fingerprint density at radius 3 is 2.55 bits per heavy atom. The van der Waals surface area contributed by atoms with Crippen molar-refractivity contribution in [2.75, 3.05) is 0 Å². The van der Waals surface area contributed by atoms with E-state index < -0.39 is 0 Å². The smallest absolute Gasteiger partial charge is 0.0602 e. The highest BCUT2D eigenvalue weighted by atomic mass is 16.3. The van der Waals surface area contributed by atoms with Crippen LogP contribution in [0.15, 0.2) is 23.3 Å². The maximum atomic E-state index is 9.82. The van der Waals surface area contributed by atoms with Gasteiger partial charge in [0.1, 0.15) is 0 Å². The lowest BCUT2D eigenvalue weighted by Gasteiger charge is -2.42. The number of aliphatic hydroxyl groups excluding tert-OH is 2. The molecule has 3 aliphatic carbocycles. The van der Waals surface area contributed by atoms with Crippen LogP contribution in [0.1, 0.15) is 71.6 Å². The molecular formula is C20H32O2. The van der Waals surface area contributed by atoms with Crippen LogP contribution >= 0.6 is 0 Å². The van der Waals surface area contributed by atoms with E-state index in [-0.39, 0.29) is 12.2 Å². The molecule has 0 saturated heterocycles. The number of aliphatic hydroxyl groups is 2. The maximum Gasteiger partial charge on any atom is 0.0602 e. The highest BCUT2D eigenvalue weighted by Gasteiger charge is 2.48. The molecule has 3 aliphatic rings. The second-order valence-electron chi connectivity index (χ2n) is 8.11. The van der Waals surface area contributed by atoms with Gasteiger partial charge in [0, 0.05) is 0 Å². The quantitative estimate of drug-likeness (QED) is 0.795. The standard InChI is InChI=1S/C20H32O2/c1-3-16-8-9-19-15(5-4-10-20(16,19)2)7-6-14-11-17(21)13-18(22)12-14/h6-7,16-19,21-22H,3-5,8-13H2,1-2H3/b14-6?,15-7+/t16?,17-,18?,19?,20?/m1/s1. The average molecular weight is 304 g/mol. The number of allylic oxidation sites excluding steroid dienone is 3. The summed E-state index contributed by atoms with van der Waals surface area (Å²) in [5.41, 5.74) is 3.37. The van der Waals surface area contributed by atoms with E-state index in [1.54, 1.807) is 5.57 Å². The Bertz CT molecular complexity index is 452. The van der Waals surface area contributed by atoms with Gasteiger partial charge in [0.05, 0.1) is 12.2 Å². The second kappa shape index (κ2) is 6.49. The first-order valence-corrected chi connectivity index (χ1v) is 9.27. The average Bonchev–Trinajstić information content (AvgIpc) is 2.80. The van der Waals surface area contributed by atoms with Gasteiger partial charge in [-0.15, -0.1) is 0 Å². The van der Waals surface area contributed by atoms with Crippen molar-refractivity contribution >= 4 is 0 Å². The van der Waals surface area contributed by atoms with E-state index in [0.717, 1.165) is 24.7 Å². The Morgan fingerprint density at radius 1 is 1.14 bits per heavy atom. The Morgan fingerprint density at radius 2 is 1.86 bits per heavy atom. The Balaban J connectivity index is 1.76. The van der Waals surface area contributed by atoms with Crippen LogP contribution in [-0.4, -0.2) is 22.4 Å². The van der Waals surface area contributed by atoms with Gasteiger partial charge in [0.15, 0.2) is 0 Å². The summed E-state index contributed by atoms with van der Waals surface area (Å²) in [5.74, 6) is 1.66. The van der Waals surface area contributed by atoms with E-state index >= 15 is 0 Å². The predicted molar refractivity (Wildman–Crippen MR) is 90.5 cm³/mol. The fourth-order valence-corrected chi connectivity index (χ4v) is 5.55. The molecule has 22 heavy (non-hydrogen) atoms. The van der Waals surface area contributed by atoms with E-state index in [1.165, 1.54) is 44.1 Å². The van der Waals surface area contributed by atoms with Gasteiger partial charge in [0.2, 0.25) is 0 Å². The van der Waals surface area contributed by atoms with Crippen molar-refractivity contribution < 1.29 is 10.2 Å². The number of hydrogen-bond acceptors (Lipinski definition) is 2. The zero-order chi connectivity index (χ0) is 15.7. The van der Waals surface area contributed by atoms with Gasteiger partial charge in [-0.25, -0.2) is 0 Å². The molecular weight excluding hydrogens is 272 g/mol. The van der Waals surface area contributed by atoms with Gasteiger partial charge in [-0.2, -0.15) is 0 Å². The summed E-state index contributed by atoms with van der Waals surface area (Å²) < 4.78 is 0. The molecule has 5 atom stereocenters. The molecule has 2 nitrogen and oxygen atoms in total. The fourth-order valence-electron chi connectivity index (χ4n) is 5.55. The fraction of sp³-hybridized carbons (Fsp3) is 0.800. The molecule has 0 radical (unpaired) electrons. The van der Waals surface area contributed by atoms with E-state index in [2.05, 4.69) is 26.0 Å². The van der Waals surface area contributed by atoms with E-state index in [9.17, 15) is 10.2 Å². The molecule has 2 heteroatoms. The Labute approximate surface area is 135 Å². The van der Waals surface area contributed by atoms with Crippen molar-refractivity contribution in [1.82, 2.24) is 0 Å². The zero-order valence-electron chi connectivity index (χ0n) is 14.2. The van der Waals surface area contributed by atoms with E-state index in [1.807, 2.05) is 0 Å². The third-order valence-electron chi connectivity index (χ3n) is 6.73. The normalized spacial score (nSPS) is 46.2. The summed E-state index contributed by atoms with van der Waals surface area (Å²) in [6.45, 7) is 4.87. The van der Waals surface area contributed by atoms with Crippen molar-refractivity contribution in [1.29, 1.82) is 0 Å². The summed E-state index contributed by atoms with van der Waals surface area (Å²) in [4.78, 5) is 0. The van der Waals surface area contributed by atoms with Crippen molar-refractivity contribution in [3.05, 3.63) is 23.3 Å². The van der Waals surface area contributed by atoms with Gasteiger partial charge < -0.3 is 10.2 Å². The highest BCUT2D eigenvalue weighted by molar-refractivity contribution is 5.26. The molecule has 0 aromatic rings. The summed E-state index contributed by atoms with van der Waals surface area (Å²) in [6.07, 6.45) is 13.9. The van der Waals surface area contributed by atoms with Gasteiger partial charge in [-0.3, -0.25) is 0 Å². The second-order valence-corrected chi connectivity index (χ2v) is 8.11. The van der Waals surface area contributed by atoms with Crippen LogP contribution in [0.25, 0.3) is 0 Å². The van der Waals surface area contributed by atoms with Crippen LogP contribution in [0.3, 0.4) is 0 Å². The molecule has 0 bridgehead atoms. The summed E-state index contributed by atoms with van der Waals surface area (Å²) in [7, 11) is 0. The van der Waals surface area contributed by atoms with Crippen molar-refractivity contribution in [3.63, 3.8) is 0 Å². The van der Waals surface area contributed by atoms with Crippen LogP contribution in [-0.2, 0) is 0 Å². The minimum absolute atomic E-state index is 0.360. The molecule has 2 N–H and O–H groups in total. The van der Waals surface area contributed by atoms with E-state index in [4.69, 9.17) is 0 Å². The lowest BCUT2D eigenvalue weighted by Crippen LogP contribution is -2.32. The zero-order valence-corrected chi connectivity index (χ0v) is 14.2. The first-order chi connectivity index (χ1) is 10.5. The molecule has 0 aliphatic heterocycles. The SMILES string of the molecule is CCC1CCC2/C(=C/C=C3CC(O)C[C@H](O)C3)CCCC12C. The monoisotopic (exact) mass is 304 g/mol. The minimum Gasteiger partial charge on any atom is -0.393 e. The van der Waals surface area contributed by atoms with Crippen LogP contribution in [0, 0.1) is 17.3 Å².